The zero-order valence-corrected chi connectivity index (χ0v) is 22.6. The van der Waals surface area contributed by atoms with Gasteiger partial charge in [-0.3, -0.25) is 0 Å². The summed E-state index contributed by atoms with van der Waals surface area (Å²) in [6, 6.07) is 49.3. The highest BCUT2D eigenvalue weighted by molar-refractivity contribution is 6.22. The fourth-order valence-electron chi connectivity index (χ4n) is 6.37. The third-order valence-electron chi connectivity index (χ3n) is 8.20. The molecule has 0 amide bonds. The van der Waals surface area contributed by atoms with Crippen molar-refractivity contribution in [1.82, 2.24) is 0 Å². The largest absolute Gasteiger partial charge is 0.496 e. The highest BCUT2D eigenvalue weighted by atomic mass is 16.5. The van der Waals surface area contributed by atoms with E-state index in [9.17, 15) is 0 Å². The van der Waals surface area contributed by atoms with Crippen molar-refractivity contribution in [3.05, 3.63) is 140 Å². The van der Waals surface area contributed by atoms with Crippen LogP contribution in [-0.4, -0.2) is 7.11 Å². The minimum absolute atomic E-state index is 0.875. The van der Waals surface area contributed by atoms with Gasteiger partial charge in [0.05, 0.1) is 7.11 Å². The molecule has 7 aromatic carbocycles. The molecule has 2 nitrogen and oxygen atoms in total. The molecule has 0 unspecified atom stereocenters. The molecule has 8 aromatic rings. The van der Waals surface area contributed by atoms with Gasteiger partial charge in [0.25, 0.3) is 0 Å². The number of fused-ring (bicyclic) bond motifs is 5. The molecule has 41 heavy (non-hydrogen) atoms. The fourth-order valence-corrected chi connectivity index (χ4v) is 6.37. The quantitative estimate of drug-likeness (QED) is 0.213. The molecule has 0 saturated heterocycles. The number of rotatable bonds is 4. The molecule has 2 heteroatoms. The van der Waals surface area contributed by atoms with Crippen LogP contribution in [0, 0.1) is 0 Å². The standard InChI is InChI=1S/C39H26O2/c1-40-35-19-8-7-16-34(35)38-31-14-4-2-12-29(31)37(30-13-3-5-15-32(30)38)26-23-21-25(22-24-26)27-17-10-18-33-28-11-6-9-20-36(28)41-39(27)33/h2-24H,1H3. The van der Waals surface area contributed by atoms with Gasteiger partial charge in [-0.25, -0.2) is 0 Å². The number of ether oxygens (including phenoxy) is 1. The van der Waals surface area contributed by atoms with Gasteiger partial charge in [0.1, 0.15) is 16.9 Å². The second-order valence-corrected chi connectivity index (χ2v) is 10.4. The first-order chi connectivity index (χ1) is 20.3. The van der Waals surface area contributed by atoms with E-state index in [1.807, 2.05) is 24.3 Å². The molecule has 8 rings (SSSR count). The summed E-state index contributed by atoms with van der Waals surface area (Å²) in [5.74, 6) is 0.875. The van der Waals surface area contributed by atoms with E-state index in [2.05, 4.69) is 115 Å². The minimum atomic E-state index is 0.875. The lowest BCUT2D eigenvalue weighted by atomic mass is 9.85. The normalized spacial score (nSPS) is 11.5. The Balaban J connectivity index is 1.35. The summed E-state index contributed by atoms with van der Waals surface area (Å²) in [5, 5.41) is 7.15. The summed E-state index contributed by atoms with van der Waals surface area (Å²) >= 11 is 0. The molecule has 0 spiro atoms. The van der Waals surface area contributed by atoms with Crippen LogP contribution >= 0.6 is 0 Å². The SMILES string of the molecule is COc1ccccc1-c1c2ccccc2c(-c2ccc(-c3cccc4c3oc3ccccc34)cc2)c2ccccc12. The maximum Gasteiger partial charge on any atom is 0.143 e. The van der Waals surface area contributed by atoms with Gasteiger partial charge in [-0.15, -0.1) is 0 Å². The molecule has 0 bridgehead atoms. The second kappa shape index (κ2) is 9.39. The van der Waals surface area contributed by atoms with Gasteiger partial charge in [-0.2, -0.15) is 0 Å². The Morgan fingerprint density at radius 3 is 1.61 bits per heavy atom. The molecule has 0 N–H and O–H groups in total. The van der Waals surface area contributed by atoms with Crippen LogP contribution in [0.25, 0.3) is 76.9 Å². The molecule has 0 fully saturated rings. The molecule has 0 aliphatic carbocycles. The summed E-state index contributed by atoms with van der Waals surface area (Å²) in [4.78, 5) is 0. The lowest BCUT2D eigenvalue weighted by Gasteiger charge is -2.19. The van der Waals surface area contributed by atoms with Crippen LogP contribution in [0.2, 0.25) is 0 Å². The highest BCUT2D eigenvalue weighted by Crippen LogP contribution is 2.46. The molecule has 0 saturated carbocycles. The topological polar surface area (TPSA) is 22.4 Å². The van der Waals surface area contributed by atoms with E-state index in [1.165, 1.54) is 38.2 Å². The van der Waals surface area contributed by atoms with Crippen LogP contribution in [0.4, 0.5) is 0 Å². The molecule has 0 radical (unpaired) electrons. The summed E-state index contributed by atoms with van der Waals surface area (Å²) in [7, 11) is 1.74. The van der Waals surface area contributed by atoms with Crippen molar-refractivity contribution in [3.8, 4) is 39.1 Å². The zero-order valence-electron chi connectivity index (χ0n) is 22.6. The van der Waals surface area contributed by atoms with Gasteiger partial charge >= 0.3 is 0 Å². The minimum Gasteiger partial charge on any atom is -0.496 e. The first-order valence-corrected chi connectivity index (χ1v) is 13.9. The van der Waals surface area contributed by atoms with Crippen molar-refractivity contribution >= 4 is 43.5 Å². The van der Waals surface area contributed by atoms with E-state index in [1.54, 1.807) is 7.11 Å². The first kappa shape index (κ1) is 23.5. The monoisotopic (exact) mass is 526 g/mol. The number of benzene rings is 7. The van der Waals surface area contributed by atoms with Crippen LogP contribution in [0.3, 0.4) is 0 Å². The molecular weight excluding hydrogens is 500 g/mol. The predicted molar refractivity (Wildman–Crippen MR) is 172 cm³/mol. The lowest BCUT2D eigenvalue weighted by Crippen LogP contribution is -1.93. The molecule has 194 valence electrons. The van der Waals surface area contributed by atoms with Crippen LogP contribution in [-0.2, 0) is 0 Å². The van der Waals surface area contributed by atoms with Crippen LogP contribution < -0.4 is 4.74 Å². The molecule has 1 aromatic heterocycles. The van der Waals surface area contributed by atoms with Gasteiger partial charge < -0.3 is 9.15 Å². The second-order valence-electron chi connectivity index (χ2n) is 10.4. The number of hydrogen-bond donors (Lipinski definition) is 0. The Morgan fingerprint density at radius 2 is 0.927 bits per heavy atom. The smallest absolute Gasteiger partial charge is 0.143 e. The fraction of sp³-hybridized carbons (Fsp3) is 0.0256. The predicted octanol–water partition coefficient (Wildman–Crippen LogP) is 10.9. The van der Waals surface area contributed by atoms with Crippen molar-refractivity contribution < 1.29 is 9.15 Å². The molecule has 0 atom stereocenters. The van der Waals surface area contributed by atoms with Crippen molar-refractivity contribution in [2.24, 2.45) is 0 Å². The van der Waals surface area contributed by atoms with Gasteiger partial charge in [-0.05, 0) is 50.4 Å². The number of furan rings is 1. The Labute approximate surface area is 238 Å². The van der Waals surface area contributed by atoms with E-state index in [0.717, 1.165) is 44.4 Å². The molecular formula is C39H26O2. The molecule has 0 aliphatic heterocycles. The maximum atomic E-state index is 6.33. The van der Waals surface area contributed by atoms with Crippen LogP contribution in [0.1, 0.15) is 0 Å². The maximum absolute atomic E-state index is 6.33. The van der Waals surface area contributed by atoms with Crippen LogP contribution in [0.5, 0.6) is 5.75 Å². The zero-order chi connectivity index (χ0) is 27.3. The van der Waals surface area contributed by atoms with E-state index in [-0.39, 0.29) is 0 Å². The first-order valence-electron chi connectivity index (χ1n) is 13.9. The number of para-hydroxylation sites is 3. The Bertz CT molecular complexity index is 2180. The number of methoxy groups -OCH3 is 1. The van der Waals surface area contributed by atoms with Crippen molar-refractivity contribution in [1.29, 1.82) is 0 Å². The van der Waals surface area contributed by atoms with Gasteiger partial charge in [0, 0.05) is 27.5 Å². The third-order valence-corrected chi connectivity index (χ3v) is 8.20. The van der Waals surface area contributed by atoms with Gasteiger partial charge in [0.2, 0.25) is 0 Å². The van der Waals surface area contributed by atoms with E-state index in [0.29, 0.717) is 0 Å². The van der Waals surface area contributed by atoms with Gasteiger partial charge in [-0.1, -0.05) is 127 Å². The summed E-state index contributed by atoms with van der Waals surface area (Å²) in [6.07, 6.45) is 0. The molecule has 1 heterocycles. The van der Waals surface area contributed by atoms with Gasteiger partial charge in [0.15, 0.2) is 0 Å². The summed E-state index contributed by atoms with van der Waals surface area (Å²) in [6.45, 7) is 0. The van der Waals surface area contributed by atoms with E-state index in [4.69, 9.17) is 9.15 Å². The summed E-state index contributed by atoms with van der Waals surface area (Å²) < 4.78 is 12.1. The van der Waals surface area contributed by atoms with Crippen molar-refractivity contribution in [2.45, 2.75) is 0 Å². The molecule has 0 aliphatic rings. The Morgan fingerprint density at radius 1 is 0.415 bits per heavy atom. The number of hydrogen-bond acceptors (Lipinski definition) is 2. The van der Waals surface area contributed by atoms with Crippen molar-refractivity contribution in [2.75, 3.05) is 7.11 Å². The van der Waals surface area contributed by atoms with Crippen LogP contribution in [0.15, 0.2) is 144 Å². The van der Waals surface area contributed by atoms with Crippen molar-refractivity contribution in [3.63, 3.8) is 0 Å². The lowest BCUT2D eigenvalue weighted by molar-refractivity contribution is 0.416. The summed E-state index contributed by atoms with van der Waals surface area (Å²) in [5.41, 5.74) is 8.81. The van der Waals surface area contributed by atoms with E-state index >= 15 is 0 Å². The average Bonchev–Trinajstić information content (AvgIpc) is 3.43. The van der Waals surface area contributed by atoms with E-state index < -0.39 is 0 Å². The Kier molecular flexibility index (Phi) is 5.39. The average molecular weight is 527 g/mol. The Hall–Kier alpha value is -5.34. The third kappa shape index (κ3) is 3.65. The highest BCUT2D eigenvalue weighted by Gasteiger charge is 2.19.